The van der Waals surface area contributed by atoms with Crippen molar-refractivity contribution < 1.29 is 84.6 Å². The lowest BCUT2D eigenvalue weighted by molar-refractivity contribution is -0.380. The fourth-order valence-electron chi connectivity index (χ4n) is 4.46. The molecular weight excluding hydrogens is 512 g/mol. The first-order chi connectivity index (χ1) is 17.5. The second kappa shape index (κ2) is 13.1. The molecule has 0 radical (unpaired) electrons. The fraction of sp³-hybridized carbons (Fsp3) is 1.00. The maximum atomic E-state index is 10.7. The summed E-state index contributed by atoms with van der Waals surface area (Å²) in [6, 6.07) is 0. The number of ether oxygens (including phenoxy) is 6. The molecule has 218 valence electrons. The predicted octanol–water partition coefficient (Wildman–Crippen LogP) is -7.56. The van der Waals surface area contributed by atoms with E-state index in [4.69, 9.17) is 28.4 Å². The summed E-state index contributed by atoms with van der Waals surface area (Å²) in [4.78, 5) is 0. The van der Waals surface area contributed by atoms with Gasteiger partial charge in [-0.1, -0.05) is 0 Å². The first-order valence-electron chi connectivity index (χ1n) is 11.6. The van der Waals surface area contributed by atoms with Crippen molar-refractivity contribution in [3.63, 3.8) is 0 Å². The van der Waals surface area contributed by atoms with Crippen LogP contribution in [-0.4, -0.2) is 181 Å². The van der Waals surface area contributed by atoms with Crippen molar-refractivity contribution in [2.24, 2.45) is 0 Å². The van der Waals surface area contributed by atoms with E-state index in [2.05, 4.69) is 0 Å². The summed E-state index contributed by atoms with van der Waals surface area (Å²) in [7, 11) is 1.16. The highest BCUT2D eigenvalue weighted by molar-refractivity contribution is 4.97. The molecule has 0 aromatic carbocycles. The Hall–Kier alpha value is -0.680. The third kappa shape index (κ3) is 6.23. The quantitative estimate of drug-likeness (QED) is 0.128. The maximum absolute atomic E-state index is 10.7. The van der Waals surface area contributed by atoms with Crippen molar-refractivity contribution in [1.82, 2.24) is 0 Å². The second-order valence-corrected chi connectivity index (χ2v) is 9.04. The SMILES string of the molecule is CO[C@H]1O[C@H]([C@@H](O)CO)[C@@H](O)[C@H](O[C@H]2O[C@H](CO)[C@@H](O[C@@H]3O[C@H](CO)[C@H](O)[C@H](O)[C@H]3O)[C@H](O)[C@H]2O)[C@@H]1O. The van der Waals surface area contributed by atoms with Crippen molar-refractivity contribution in [3.8, 4) is 0 Å². The topological polar surface area (TPSA) is 278 Å². The van der Waals surface area contributed by atoms with Gasteiger partial charge in [-0.15, -0.1) is 0 Å². The number of aliphatic hydroxyl groups excluding tert-OH is 11. The molecule has 0 saturated carbocycles. The summed E-state index contributed by atoms with van der Waals surface area (Å²) in [6.07, 6.45) is -26.7. The Morgan fingerprint density at radius 3 is 1.68 bits per heavy atom. The number of rotatable bonds is 9. The van der Waals surface area contributed by atoms with E-state index < -0.39 is 118 Å². The van der Waals surface area contributed by atoms with E-state index in [0.29, 0.717) is 0 Å². The summed E-state index contributed by atoms with van der Waals surface area (Å²) in [5.74, 6) is 0. The van der Waals surface area contributed by atoms with Crippen LogP contribution in [0.5, 0.6) is 0 Å². The molecule has 0 amide bonds. The summed E-state index contributed by atoms with van der Waals surface area (Å²) < 4.78 is 31.9. The van der Waals surface area contributed by atoms with E-state index >= 15 is 0 Å². The van der Waals surface area contributed by atoms with Crippen LogP contribution in [0, 0.1) is 0 Å². The summed E-state index contributed by atoms with van der Waals surface area (Å²) >= 11 is 0. The normalized spacial score (nSPS) is 50.1. The van der Waals surface area contributed by atoms with Gasteiger partial charge in [0, 0.05) is 7.11 Å². The van der Waals surface area contributed by atoms with Crippen molar-refractivity contribution in [3.05, 3.63) is 0 Å². The Bertz CT molecular complexity index is 698. The minimum atomic E-state index is -1.94. The van der Waals surface area contributed by atoms with Gasteiger partial charge in [0.2, 0.25) is 0 Å². The van der Waals surface area contributed by atoms with E-state index in [9.17, 15) is 56.2 Å². The van der Waals surface area contributed by atoms with Crippen LogP contribution >= 0.6 is 0 Å². The van der Waals surface area contributed by atoms with Gasteiger partial charge in [0.25, 0.3) is 0 Å². The molecule has 0 aromatic rings. The van der Waals surface area contributed by atoms with E-state index in [1.54, 1.807) is 0 Å². The number of hydrogen-bond donors (Lipinski definition) is 11. The molecule has 0 aliphatic carbocycles. The Balaban J connectivity index is 1.74. The standard InChI is InChI=1S/C20H36O17/c1-32-18-14(31)17(13(30)15(35-18)5(24)2-21)37-20-12(29)10(27)16(7(4-23)34-20)36-19-11(28)9(26)8(25)6(3-22)33-19/h5-31H,2-4H2,1H3/t5-,6+,7+,8-,9-,10+,11+,12+,13+,14-,15+,16+,17-,18-,19-,20+/m0/s1. The van der Waals surface area contributed by atoms with E-state index in [-0.39, 0.29) is 0 Å². The second-order valence-electron chi connectivity index (χ2n) is 9.04. The minimum Gasteiger partial charge on any atom is -0.394 e. The summed E-state index contributed by atoms with van der Waals surface area (Å²) in [6.45, 7) is -2.40. The lowest BCUT2D eigenvalue weighted by atomic mass is 9.94. The van der Waals surface area contributed by atoms with Crippen molar-refractivity contribution in [2.45, 2.75) is 98.2 Å². The molecular formula is C20H36O17. The highest BCUT2D eigenvalue weighted by atomic mass is 16.8. The molecule has 3 rings (SSSR count). The predicted molar refractivity (Wildman–Crippen MR) is 112 cm³/mol. The molecule has 0 spiro atoms. The first kappa shape index (κ1) is 30.9. The molecule has 0 bridgehead atoms. The molecule has 3 heterocycles. The van der Waals surface area contributed by atoms with E-state index in [1.165, 1.54) is 0 Å². The Labute approximate surface area is 210 Å². The molecule has 17 heteroatoms. The average Bonchev–Trinajstić information content (AvgIpc) is 2.89. The molecule has 16 atom stereocenters. The van der Waals surface area contributed by atoms with Gasteiger partial charge < -0.3 is 84.6 Å². The van der Waals surface area contributed by atoms with Gasteiger partial charge in [-0.2, -0.15) is 0 Å². The molecule has 3 fully saturated rings. The van der Waals surface area contributed by atoms with Crippen LogP contribution in [0.3, 0.4) is 0 Å². The number of aliphatic hydroxyl groups is 11. The van der Waals surface area contributed by atoms with Crippen LogP contribution in [0.25, 0.3) is 0 Å². The van der Waals surface area contributed by atoms with Crippen molar-refractivity contribution >= 4 is 0 Å². The van der Waals surface area contributed by atoms with Crippen LogP contribution in [-0.2, 0) is 28.4 Å². The summed E-state index contributed by atoms with van der Waals surface area (Å²) in [5, 5.41) is 111. The summed E-state index contributed by atoms with van der Waals surface area (Å²) in [5.41, 5.74) is 0. The third-order valence-corrected chi connectivity index (χ3v) is 6.63. The fourth-order valence-corrected chi connectivity index (χ4v) is 4.46. The lowest BCUT2D eigenvalue weighted by Crippen LogP contribution is -2.67. The van der Waals surface area contributed by atoms with Gasteiger partial charge in [-0.25, -0.2) is 0 Å². The molecule has 37 heavy (non-hydrogen) atoms. The smallest absolute Gasteiger partial charge is 0.187 e. The van der Waals surface area contributed by atoms with E-state index in [1.807, 2.05) is 0 Å². The highest BCUT2D eigenvalue weighted by Crippen LogP contribution is 2.33. The first-order valence-corrected chi connectivity index (χ1v) is 11.6. The molecule has 0 unspecified atom stereocenters. The van der Waals surface area contributed by atoms with Crippen molar-refractivity contribution in [2.75, 3.05) is 26.9 Å². The van der Waals surface area contributed by atoms with Gasteiger partial charge in [0.1, 0.15) is 79.4 Å². The van der Waals surface area contributed by atoms with Crippen molar-refractivity contribution in [1.29, 1.82) is 0 Å². The number of hydrogen-bond acceptors (Lipinski definition) is 17. The highest BCUT2D eigenvalue weighted by Gasteiger charge is 2.54. The van der Waals surface area contributed by atoms with Crippen LogP contribution in [0.4, 0.5) is 0 Å². The van der Waals surface area contributed by atoms with Gasteiger partial charge >= 0.3 is 0 Å². The van der Waals surface area contributed by atoms with Gasteiger partial charge in [-0.05, 0) is 0 Å². The average molecular weight is 548 g/mol. The Morgan fingerprint density at radius 1 is 0.595 bits per heavy atom. The Morgan fingerprint density at radius 2 is 1.14 bits per heavy atom. The molecule has 3 aliphatic heterocycles. The molecule has 17 nitrogen and oxygen atoms in total. The van der Waals surface area contributed by atoms with Crippen LogP contribution in [0.2, 0.25) is 0 Å². The molecule has 3 saturated heterocycles. The van der Waals surface area contributed by atoms with Crippen LogP contribution in [0.15, 0.2) is 0 Å². The molecule has 11 N–H and O–H groups in total. The van der Waals surface area contributed by atoms with Gasteiger partial charge in [0.05, 0.1) is 19.8 Å². The monoisotopic (exact) mass is 548 g/mol. The van der Waals surface area contributed by atoms with Gasteiger partial charge in [0.15, 0.2) is 18.9 Å². The zero-order chi connectivity index (χ0) is 27.6. The van der Waals surface area contributed by atoms with Crippen LogP contribution < -0.4 is 0 Å². The lowest BCUT2D eigenvalue weighted by Gasteiger charge is -2.48. The largest absolute Gasteiger partial charge is 0.394 e. The van der Waals surface area contributed by atoms with Crippen LogP contribution in [0.1, 0.15) is 0 Å². The number of methoxy groups -OCH3 is 1. The maximum Gasteiger partial charge on any atom is 0.187 e. The third-order valence-electron chi connectivity index (χ3n) is 6.63. The molecule has 0 aromatic heterocycles. The molecule has 3 aliphatic rings. The zero-order valence-electron chi connectivity index (χ0n) is 19.7. The zero-order valence-corrected chi connectivity index (χ0v) is 19.7. The van der Waals surface area contributed by atoms with E-state index in [0.717, 1.165) is 7.11 Å². The van der Waals surface area contributed by atoms with Gasteiger partial charge in [-0.3, -0.25) is 0 Å². The Kier molecular flexibility index (Phi) is 10.9. The minimum absolute atomic E-state index is 0.749.